The lowest BCUT2D eigenvalue weighted by atomic mass is 10.1. The molecule has 0 amide bonds. The van der Waals surface area contributed by atoms with Crippen molar-refractivity contribution in [2.75, 3.05) is 46.1 Å². The molecule has 1 saturated heterocycles. The van der Waals surface area contributed by atoms with Gasteiger partial charge in [0, 0.05) is 13.1 Å². The van der Waals surface area contributed by atoms with Gasteiger partial charge in [-0.1, -0.05) is 31.6 Å². The molecule has 1 aromatic rings. The number of likely N-dealkylation sites (tertiary alicyclic amines) is 1. The van der Waals surface area contributed by atoms with Crippen molar-refractivity contribution in [1.82, 2.24) is 9.80 Å². The highest BCUT2D eigenvalue weighted by Gasteiger charge is 2.17. The summed E-state index contributed by atoms with van der Waals surface area (Å²) in [6, 6.07) is 6.20. The van der Waals surface area contributed by atoms with E-state index >= 15 is 0 Å². The van der Waals surface area contributed by atoms with Crippen molar-refractivity contribution in [2.45, 2.75) is 26.7 Å². The van der Waals surface area contributed by atoms with Gasteiger partial charge in [-0.05, 0) is 56.7 Å². The van der Waals surface area contributed by atoms with Crippen molar-refractivity contribution in [3.63, 3.8) is 0 Å². The predicted octanol–water partition coefficient (Wildman–Crippen LogP) is 3.24. The Morgan fingerprint density at radius 3 is 2.83 bits per heavy atom. The van der Waals surface area contributed by atoms with Crippen LogP contribution in [0.25, 0.3) is 6.08 Å². The molecule has 3 rings (SSSR count). The first-order chi connectivity index (χ1) is 11.3. The topological polar surface area (TPSA) is 24.9 Å². The molecular weight excluding hydrogens is 288 g/mol. The first-order valence-corrected chi connectivity index (χ1v) is 8.82. The van der Waals surface area contributed by atoms with Crippen LogP contribution in [-0.2, 0) is 0 Å². The number of rotatable bonds is 7. The maximum atomic E-state index is 5.45. The molecule has 0 unspecified atom stereocenters. The van der Waals surface area contributed by atoms with E-state index in [0.29, 0.717) is 6.79 Å². The largest absolute Gasteiger partial charge is 0.454 e. The van der Waals surface area contributed by atoms with Crippen LogP contribution in [0, 0.1) is 0 Å². The van der Waals surface area contributed by atoms with Crippen molar-refractivity contribution >= 4 is 6.08 Å². The van der Waals surface area contributed by atoms with Gasteiger partial charge in [0.05, 0.1) is 0 Å². The Morgan fingerprint density at radius 1 is 1.17 bits per heavy atom. The molecule has 0 aromatic heterocycles. The van der Waals surface area contributed by atoms with Crippen LogP contribution in [-0.4, -0.2) is 55.9 Å². The quantitative estimate of drug-likeness (QED) is 0.771. The summed E-state index contributed by atoms with van der Waals surface area (Å²) in [7, 11) is 0. The lowest BCUT2D eigenvalue weighted by Gasteiger charge is -2.20. The molecule has 23 heavy (non-hydrogen) atoms. The van der Waals surface area contributed by atoms with E-state index in [2.05, 4.69) is 41.9 Å². The lowest BCUT2D eigenvalue weighted by molar-refractivity contribution is 0.174. The van der Waals surface area contributed by atoms with Crippen LogP contribution in [0.3, 0.4) is 0 Å². The predicted molar refractivity (Wildman–Crippen MR) is 94.0 cm³/mol. The maximum Gasteiger partial charge on any atom is 0.231 e. The van der Waals surface area contributed by atoms with E-state index in [1.54, 1.807) is 0 Å². The van der Waals surface area contributed by atoms with Crippen molar-refractivity contribution < 1.29 is 9.47 Å². The van der Waals surface area contributed by atoms with Crippen LogP contribution in [0.5, 0.6) is 11.5 Å². The standard InChI is InChI=1S/C19H28N2O2/c1-3-20(4-2)9-5-10-21-11-8-17(14-21)12-16-6-7-18-19(13-16)23-15-22-18/h6-7,12-13H,3-5,8-11,14-15H2,1-2H3/b17-12-. The molecule has 1 fully saturated rings. The first kappa shape index (κ1) is 16.3. The van der Waals surface area contributed by atoms with E-state index in [9.17, 15) is 0 Å². The van der Waals surface area contributed by atoms with E-state index in [4.69, 9.17) is 9.47 Å². The van der Waals surface area contributed by atoms with Gasteiger partial charge in [0.1, 0.15) is 0 Å². The van der Waals surface area contributed by atoms with E-state index in [1.165, 1.54) is 43.6 Å². The molecule has 2 heterocycles. The molecule has 1 aromatic carbocycles. The number of hydrogen-bond acceptors (Lipinski definition) is 4. The second-order valence-corrected chi connectivity index (χ2v) is 6.32. The van der Waals surface area contributed by atoms with Crippen LogP contribution in [0.4, 0.5) is 0 Å². The van der Waals surface area contributed by atoms with Gasteiger partial charge >= 0.3 is 0 Å². The molecule has 2 aliphatic rings. The zero-order valence-electron chi connectivity index (χ0n) is 14.4. The Hall–Kier alpha value is -1.52. The summed E-state index contributed by atoms with van der Waals surface area (Å²) in [4.78, 5) is 5.07. The molecule has 0 spiro atoms. The average Bonchev–Trinajstić information content (AvgIpc) is 3.20. The number of fused-ring (bicyclic) bond motifs is 1. The first-order valence-electron chi connectivity index (χ1n) is 8.82. The summed E-state index contributed by atoms with van der Waals surface area (Å²) < 4.78 is 10.8. The summed E-state index contributed by atoms with van der Waals surface area (Å²) in [5, 5.41) is 0. The molecule has 0 atom stereocenters. The van der Waals surface area contributed by atoms with Gasteiger partial charge in [0.25, 0.3) is 0 Å². The van der Waals surface area contributed by atoms with Gasteiger partial charge < -0.3 is 14.4 Å². The maximum absolute atomic E-state index is 5.45. The molecule has 0 N–H and O–H groups in total. The van der Waals surface area contributed by atoms with E-state index < -0.39 is 0 Å². The van der Waals surface area contributed by atoms with E-state index in [-0.39, 0.29) is 0 Å². The van der Waals surface area contributed by atoms with Gasteiger partial charge in [-0.2, -0.15) is 0 Å². The zero-order chi connectivity index (χ0) is 16.1. The van der Waals surface area contributed by atoms with Gasteiger partial charge in [-0.15, -0.1) is 0 Å². The van der Waals surface area contributed by atoms with Gasteiger partial charge in [-0.3, -0.25) is 4.90 Å². The molecular formula is C19H28N2O2. The fourth-order valence-corrected chi connectivity index (χ4v) is 3.35. The molecule has 4 nitrogen and oxygen atoms in total. The number of benzene rings is 1. The Labute approximate surface area is 139 Å². The third-order valence-corrected chi connectivity index (χ3v) is 4.79. The minimum Gasteiger partial charge on any atom is -0.454 e. The highest BCUT2D eigenvalue weighted by atomic mass is 16.7. The van der Waals surface area contributed by atoms with Gasteiger partial charge in [0.15, 0.2) is 11.5 Å². The fraction of sp³-hybridized carbons (Fsp3) is 0.579. The van der Waals surface area contributed by atoms with Crippen LogP contribution in [0.2, 0.25) is 0 Å². The SMILES string of the molecule is CCN(CC)CCCN1CC/C(=C/c2ccc3c(c2)OCO3)C1. The lowest BCUT2D eigenvalue weighted by Crippen LogP contribution is -2.28. The van der Waals surface area contributed by atoms with Crippen molar-refractivity contribution in [3.8, 4) is 11.5 Å². The number of hydrogen-bond donors (Lipinski definition) is 0. The fourth-order valence-electron chi connectivity index (χ4n) is 3.35. The normalized spacial score (nSPS) is 19.2. The van der Waals surface area contributed by atoms with Gasteiger partial charge in [-0.25, -0.2) is 0 Å². The minimum atomic E-state index is 0.343. The molecule has 0 radical (unpaired) electrons. The van der Waals surface area contributed by atoms with Gasteiger partial charge in [0.2, 0.25) is 6.79 Å². The van der Waals surface area contributed by atoms with E-state index in [0.717, 1.165) is 31.1 Å². The Balaban J connectivity index is 1.49. The third kappa shape index (κ3) is 4.27. The number of nitrogens with zero attached hydrogens (tertiary/aromatic N) is 2. The van der Waals surface area contributed by atoms with Crippen LogP contribution < -0.4 is 9.47 Å². The summed E-state index contributed by atoms with van der Waals surface area (Å²) in [5.41, 5.74) is 2.74. The molecule has 0 bridgehead atoms. The van der Waals surface area contributed by atoms with E-state index in [1.807, 2.05) is 6.07 Å². The number of ether oxygens (including phenoxy) is 2. The second-order valence-electron chi connectivity index (χ2n) is 6.32. The Kier molecular flexibility index (Phi) is 5.57. The summed E-state index contributed by atoms with van der Waals surface area (Å²) in [6.07, 6.45) is 4.76. The van der Waals surface area contributed by atoms with Crippen LogP contribution >= 0.6 is 0 Å². The zero-order valence-corrected chi connectivity index (χ0v) is 14.4. The monoisotopic (exact) mass is 316 g/mol. The highest BCUT2D eigenvalue weighted by molar-refractivity contribution is 5.59. The summed E-state index contributed by atoms with van der Waals surface area (Å²) >= 11 is 0. The summed E-state index contributed by atoms with van der Waals surface area (Å²) in [6.45, 7) is 11.9. The Bertz CT molecular complexity index is 552. The average molecular weight is 316 g/mol. The molecule has 0 aliphatic carbocycles. The highest BCUT2D eigenvalue weighted by Crippen LogP contribution is 2.33. The summed E-state index contributed by atoms with van der Waals surface area (Å²) in [5.74, 6) is 1.73. The minimum absolute atomic E-state index is 0.343. The molecule has 126 valence electrons. The smallest absolute Gasteiger partial charge is 0.231 e. The third-order valence-electron chi connectivity index (χ3n) is 4.79. The van der Waals surface area contributed by atoms with Crippen LogP contribution in [0.1, 0.15) is 32.3 Å². The van der Waals surface area contributed by atoms with Crippen LogP contribution in [0.15, 0.2) is 23.8 Å². The van der Waals surface area contributed by atoms with Crippen molar-refractivity contribution in [1.29, 1.82) is 0 Å². The Morgan fingerprint density at radius 2 is 2.00 bits per heavy atom. The van der Waals surface area contributed by atoms with Crippen molar-refractivity contribution in [2.24, 2.45) is 0 Å². The molecule has 0 saturated carbocycles. The molecule has 2 aliphatic heterocycles. The second kappa shape index (κ2) is 7.84. The molecule has 4 heteroatoms. The van der Waals surface area contributed by atoms with Crippen molar-refractivity contribution in [3.05, 3.63) is 29.3 Å².